The Kier molecular flexibility index (Phi) is 5.49. The lowest BCUT2D eigenvalue weighted by Gasteiger charge is -2.17. The monoisotopic (exact) mass is 322 g/mol. The first kappa shape index (κ1) is 16.0. The van der Waals surface area contributed by atoms with Crippen LogP contribution in [0.1, 0.15) is 22.8 Å². The molecule has 0 aliphatic rings. The second-order valence-electron chi connectivity index (χ2n) is 4.33. The Bertz CT molecular complexity index is 630. The van der Waals surface area contributed by atoms with Gasteiger partial charge in [0.05, 0.1) is 0 Å². The summed E-state index contributed by atoms with van der Waals surface area (Å²) in [5.41, 5.74) is -0.149. The van der Waals surface area contributed by atoms with Crippen molar-refractivity contribution in [1.82, 2.24) is 0 Å². The Morgan fingerprint density at radius 2 is 1.68 bits per heavy atom. The highest BCUT2D eigenvalue weighted by molar-refractivity contribution is 6.20. The van der Waals surface area contributed by atoms with Crippen molar-refractivity contribution >= 4 is 24.0 Å². The Labute approximate surface area is 131 Å². The number of alkyl halides is 1. The summed E-state index contributed by atoms with van der Waals surface area (Å²) in [4.78, 5) is 22.7. The largest absolute Gasteiger partial charge is 0.448 e. The van der Waals surface area contributed by atoms with E-state index in [1.807, 2.05) is 0 Å². The van der Waals surface area contributed by atoms with Gasteiger partial charge in [0.2, 0.25) is 11.7 Å². The molecule has 0 aliphatic heterocycles. The molecule has 0 heterocycles. The Morgan fingerprint density at radius 3 is 2.27 bits per heavy atom. The minimum absolute atomic E-state index is 0.126. The average molecular weight is 323 g/mol. The summed E-state index contributed by atoms with van der Waals surface area (Å²) in [5.74, 6) is -1.32. The standard InChI is InChI=1S/C16H12ClFO4/c17-15(12-4-2-1-3-5-12)22-16(20)14(21-10-19)11-6-8-13(18)9-7-11/h1-10,14-15H. The summed E-state index contributed by atoms with van der Waals surface area (Å²) in [6, 6.07) is 13.6. The summed E-state index contributed by atoms with van der Waals surface area (Å²) in [6.07, 6.45) is -1.30. The van der Waals surface area contributed by atoms with E-state index in [0.717, 1.165) is 12.1 Å². The molecule has 2 atom stereocenters. The quantitative estimate of drug-likeness (QED) is 0.464. The van der Waals surface area contributed by atoms with Crippen LogP contribution in [-0.4, -0.2) is 12.4 Å². The molecule has 2 unspecified atom stereocenters. The molecule has 0 amide bonds. The second-order valence-corrected chi connectivity index (χ2v) is 4.72. The summed E-state index contributed by atoms with van der Waals surface area (Å²) < 4.78 is 22.7. The molecule has 0 N–H and O–H groups in total. The van der Waals surface area contributed by atoms with Gasteiger partial charge in [-0.25, -0.2) is 9.18 Å². The van der Waals surface area contributed by atoms with E-state index in [9.17, 15) is 14.0 Å². The molecule has 0 spiro atoms. The van der Waals surface area contributed by atoms with E-state index in [1.54, 1.807) is 30.3 Å². The van der Waals surface area contributed by atoms with Crippen LogP contribution in [0.15, 0.2) is 54.6 Å². The van der Waals surface area contributed by atoms with Crippen LogP contribution in [0.25, 0.3) is 0 Å². The van der Waals surface area contributed by atoms with Crippen molar-refractivity contribution in [3.8, 4) is 0 Å². The predicted molar refractivity (Wildman–Crippen MR) is 77.4 cm³/mol. The highest BCUT2D eigenvalue weighted by Crippen LogP contribution is 2.26. The lowest BCUT2D eigenvalue weighted by molar-refractivity contribution is -0.163. The SMILES string of the molecule is O=COC(C(=O)OC(Cl)c1ccccc1)c1ccc(F)cc1. The predicted octanol–water partition coefficient (Wildman–Crippen LogP) is 3.52. The first-order valence-electron chi connectivity index (χ1n) is 6.36. The minimum Gasteiger partial charge on any atom is -0.448 e. The van der Waals surface area contributed by atoms with Crippen LogP contribution in [0, 0.1) is 5.82 Å². The third-order valence-corrected chi connectivity index (χ3v) is 3.20. The zero-order chi connectivity index (χ0) is 15.9. The molecular formula is C16H12ClFO4. The van der Waals surface area contributed by atoms with E-state index in [1.165, 1.54) is 12.1 Å². The summed E-state index contributed by atoms with van der Waals surface area (Å²) in [7, 11) is 0. The fraction of sp³-hybridized carbons (Fsp3) is 0.125. The maximum atomic E-state index is 12.9. The molecule has 0 aliphatic carbocycles. The fourth-order valence-electron chi connectivity index (χ4n) is 1.80. The molecule has 114 valence electrons. The number of rotatable bonds is 6. The average Bonchev–Trinajstić information content (AvgIpc) is 2.54. The summed E-state index contributed by atoms with van der Waals surface area (Å²) >= 11 is 6.01. The molecule has 2 aromatic carbocycles. The number of benzene rings is 2. The van der Waals surface area contributed by atoms with Gasteiger partial charge in [0, 0.05) is 11.1 Å². The normalized spacial score (nSPS) is 13.0. The van der Waals surface area contributed by atoms with Crippen molar-refractivity contribution in [3.63, 3.8) is 0 Å². The van der Waals surface area contributed by atoms with Gasteiger partial charge in [-0.3, -0.25) is 4.79 Å². The van der Waals surface area contributed by atoms with Crippen molar-refractivity contribution < 1.29 is 23.5 Å². The van der Waals surface area contributed by atoms with Gasteiger partial charge < -0.3 is 9.47 Å². The van der Waals surface area contributed by atoms with Crippen molar-refractivity contribution in [1.29, 1.82) is 0 Å². The van der Waals surface area contributed by atoms with Crippen LogP contribution in [0.2, 0.25) is 0 Å². The number of carbonyl (C=O) groups excluding carboxylic acids is 2. The molecule has 0 radical (unpaired) electrons. The first-order chi connectivity index (χ1) is 10.6. The second kappa shape index (κ2) is 7.56. The molecule has 0 bridgehead atoms. The van der Waals surface area contributed by atoms with E-state index in [2.05, 4.69) is 0 Å². The lowest BCUT2D eigenvalue weighted by Crippen LogP contribution is -2.19. The van der Waals surface area contributed by atoms with Crippen molar-refractivity contribution in [2.24, 2.45) is 0 Å². The molecule has 0 fully saturated rings. The molecule has 6 heteroatoms. The number of esters is 1. The summed E-state index contributed by atoms with van der Waals surface area (Å²) in [6.45, 7) is 0.126. The van der Waals surface area contributed by atoms with Gasteiger partial charge >= 0.3 is 5.97 Å². The molecular weight excluding hydrogens is 311 g/mol. The molecule has 22 heavy (non-hydrogen) atoms. The van der Waals surface area contributed by atoms with E-state index >= 15 is 0 Å². The van der Waals surface area contributed by atoms with Gasteiger partial charge in [-0.05, 0) is 12.1 Å². The van der Waals surface area contributed by atoms with Crippen LogP contribution < -0.4 is 0 Å². The summed E-state index contributed by atoms with van der Waals surface area (Å²) in [5, 5.41) is 0. The van der Waals surface area contributed by atoms with E-state index in [0.29, 0.717) is 5.56 Å². The van der Waals surface area contributed by atoms with E-state index in [-0.39, 0.29) is 12.0 Å². The smallest absolute Gasteiger partial charge is 0.354 e. The van der Waals surface area contributed by atoms with Gasteiger partial charge in [-0.1, -0.05) is 54.1 Å². The number of hydrogen-bond donors (Lipinski definition) is 0. The number of ether oxygens (including phenoxy) is 2. The van der Waals surface area contributed by atoms with Crippen LogP contribution in [0.5, 0.6) is 0 Å². The van der Waals surface area contributed by atoms with Crippen LogP contribution >= 0.6 is 11.6 Å². The zero-order valence-corrected chi connectivity index (χ0v) is 12.1. The molecule has 2 rings (SSSR count). The molecule has 4 nitrogen and oxygen atoms in total. The van der Waals surface area contributed by atoms with Crippen molar-refractivity contribution in [3.05, 3.63) is 71.5 Å². The van der Waals surface area contributed by atoms with Gasteiger partial charge in [0.15, 0.2) is 0 Å². The minimum atomic E-state index is -1.30. The molecule has 2 aromatic rings. The maximum absolute atomic E-state index is 12.9. The Morgan fingerprint density at radius 1 is 1.05 bits per heavy atom. The third kappa shape index (κ3) is 4.05. The van der Waals surface area contributed by atoms with Gasteiger partial charge in [0.25, 0.3) is 6.47 Å². The van der Waals surface area contributed by atoms with E-state index < -0.39 is 23.5 Å². The van der Waals surface area contributed by atoms with Gasteiger partial charge in [0.1, 0.15) is 5.82 Å². The molecule has 0 saturated heterocycles. The molecule has 0 saturated carbocycles. The van der Waals surface area contributed by atoms with E-state index in [4.69, 9.17) is 21.1 Å². The van der Waals surface area contributed by atoms with Gasteiger partial charge in [-0.2, -0.15) is 0 Å². The van der Waals surface area contributed by atoms with Crippen LogP contribution in [0.4, 0.5) is 4.39 Å². The third-order valence-electron chi connectivity index (χ3n) is 2.86. The lowest BCUT2D eigenvalue weighted by atomic mass is 10.1. The maximum Gasteiger partial charge on any atom is 0.354 e. The number of halogens is 2. The zero-order valence-electron chi connectivity index (χ0n) is 11.3. The van der Waals surface area contributed by atoms with Crippen molar-refractivity contribution in [2.75, 3.05) is 0 Å². The topological polar surface area (TPSA) is 52.6 Å². The fourth-order valence-corrected chi connectivity index (χ4v) is 2.03. The molecule has 0 aromatic heterocycles. The highest BCUT2D eigenvalue weighted by atomic mass is 35.5. The first-order valence-corrected chi connectivity index (χ1v) is 6.79. The number of hydrogen-bond acceptors (Lipinski definition) is 4. The van der Waals surface area contributed by atoms with Crippen LogP contribution in [-0.2, 0) is 19.1 Å². The van der Waals surface area contributed by atoms with Crippen molar-refractivity contribution in [2.45, 2.75) is 11.7 Å². The number of carbonyl (C=O) groups is 2. The Balaban J connectivity index is 2.13. The van der Waals surface area contributed by atoms with Gasteiger partial charge in [-0.15, -0.1) is 0 Å². The van der Waals surface area contributed by atoms with Crippen LogP contribution in [0.3, 0.4) is 0 Å². The highest BCUT2D eigenvalue weighted by Gasteiger charge is 2.26. The Hall–Kier alpha value is -2.40.